The quantitative estimate of drug-likeness (QED) is 0.654. The molecule has 0 aliphatic heterocycles. The Morgan fingerprint density at radius 2 is 1.88 bits per heavy atom. The summed E-state index contributed by atoms with van der Waals surface area (Å²) in [7, 11) is 0. The van der Waals surface area contributed by atoms with Crippen LogP contribution in [0.3, 0.4) is 0 Å². The van der Waals surface area contributed by atoms with E-state index in [2.05, 4.69) is 10.4 Å². The third kappa shape index (κ3) is 4.81. The van der Waals surface area contributed by atoms with Crippen LogP contribution in [0, 0.1) is 0 Å². The molecule has 1 aromatic heterocycles. The summed E-state index contributed by atoms with van der Waals surface area (Å²) in [6.07, 6.45) is 3.64. The fourth-order valence-electron chi connectivity index (χ4n) is 2.05. The number of ether oxygens (including phenoxy) is 1. The number of hydrogen-bond donors (Lipinski definition) is 1. The lowest BCUT2D eigenvalue weighted by atomic mass is 10.2. The maximum Gasteiger partial charge on any atom is 0.331 e. The molecule has 6 heteroatoms. The van der Waals surface area contributed by atoms with Gasteiger partial charge in [-0.1, -0.05) is 30.3 Å². The SMILES string of the molecule is CC(C)n1nccc1NC(=O)[C@H](C)OC(=O)/C=C/c1ccccc1. The molecule has 1 atom stereocenters. The summed E-state index contributed by atoms with van der Waals surface area (Å²) in [5, 5.41) is 6.85. The minimum absolute atomic E-state index is 0.113. The van der Waals surface area contributed by atoms with Crippen molar-refractivity contribution in [3.05, 3.63) is 54.2 Å². The molecule has 0 saturated heterocycles. The monoisotopic (exact) mass is 327 g/mol. The maximum absolute atomic E-state index is 12.1. The van der Waals surface area contributed by atoms with Gasteiger partial charge in [-0.15, -0.1) is 0 Å². The molecule has 0 fully saturated rings. The molecule has 0 aliphatic rings. The number of nitrogens with zero attached hydrogens (tertiary/aromatic N) is 2. The van der Waals surface area contributed by atoms with Crippen LogP contribution in [0.1, 0.15) is 32.4 Å². The summed E-state index contributed by atoms with van der Waals surface area (Å²) in [6, 6.07) is 11.2. The first kappa shape index (κ1) is 17.5. The highest BCUT2D eigenvalue weighted by Crippen LogP contribution is 2.13. The second-order valence-corrected chi connectivity index (χ2v) is 5.57. The first-order valence-corrected chi connectivity index (χ1v) is 7.75. The molecule has 0 unspecified atom stereocenters. The Morgan fingerprint density at radius 1 is 1.17 bits per heavy atom. The van der Waals surface area contributed by atoms with Gasteiger partial charge in [-0.05, 0) is 32.4 Å². The lowest BCUT2D eigenvalue weighted by molar-refractivity contribution is -0.148. The van der Waals surface area contributed by atoms with Gasteiger partial charge in [-0.3, -0.25) is 4.79 Å². The van der Waals surface area contributed by atoms with Gasteiger partial charge in [0.15, 0.2) is 6.10 Å². The zero-order valence-electron chi connectivity index (χ0n) is 14.0. The fraction of sp³-hybridized carbons (Fsp3) is 0.278. The second-order valence-electron chi connectivity index (χ2n) is 5.57. The number of rotatable bonds is 6. The molecular formula is C18H21N3O3. The van der Waals surface area contributed by atoms with E-state index >= 15 is 0 Å². The smallest absolute Gasteiger partial charge is 0.331 e. The number of esters is 1. The standard InChI is InChI=1S/C18H21N3O3/c1-13(2)21-16(11-12-19-21)20-18(23)14(3)24-17(22)10-9-15-7-5-4-6-8-15/h4-14H,1-3H3,(H,20,23)/b10-9+/t14-/m0/s1. The van der Waals surface area contributed by atoms with Crippen molar-refractivity contribution >= 4 is 23.8 Å². The van der Waals surface area contributed by atoms with E-state index in [0.29, 0.717) is 5.82 Å². The molecule has 1 amide bonds. The predicted molar refractivity (Wildman–Crippen MR) is 92.3 cm³/mol. The normalized spacial score (nSPS) is 12.3. The van der Waals surface area contributed by atoms with E-state index in [1.165, 1.54) is 13.0 Å². The third-order valence-corrected chi connectivity index (χ3v) is 3.28. The molecule has 6 nitrogen and oxygen atoms in total. The lowest BCUT2D eigenvalue weighted by Gasteiger charge is -2.15. The van der Waals surface area contributed by atoms with Gasteiger partial charge in [0.2, 0.25) is 0 Å². The van der Waals surface area contributed by atoms with Crippen LogP contribution in [0.2, 0.25) is 0 Å². The average Bonchev–Trinajstić information content (AvgIpc) is 3.02. The van der Waals surface area contributed by atoms with Gasteiger partial charge in [-0.25, -0.2) is 9.48 Å². The number of anilines is 1. The van der Waals surface area contributed by atoms with Gasteiger partial charge in [0.25, 0.3) is 5.91 Å². The molecular weight excluding hydrogens is 306 g/mol. The second kappa shape index (κ2) is 8.10. The zero-order valence-corrected chi connectivity index (χ0v) is 14.0. The molecule has 126 valence electrons. The molecule has 1 N–H and O–H groups in total. The molecule has 24 heavy (non-hydrogen) atoms. The Balaban J connectivity index is 1.90. The number of carbonyl (C=O) groups is 2. The molecule has 0 spiro atoms. The average molecular weight is 327 g/mol. The summed E-state index contributed by atoms with van der Waals surface area (Å²) in [5.74, 6) is -0.407. The van der Waals surface area contributed by atoms with Crippen molar-refractivity contribution in [1.29, 1.82) is 0 Å². The number of carbonyl (C=O) groups excluding carboxylic acids is 2. The molecule has 2 rings (SSSR count). The fourth-order valence-corrected chi connectivity index (χ4v) is 2.05. The molecule has 1 aromatic carbocycles. The van der Waals surface area contributed by atoms with Crippen molar-refractivity contribution in [1.82, 2.24) is 9.78 Å². The highest BCUT2D eigenvalue weighted by molar-refractivity contribution is 5.96. The first-order valence-electron chi connectivity index (χ1n) is 7.75. The first-order chi connectivity index (χ1) is 11.5. The van der Waals surface area contributed by atoms with E-state index in [4.69, 9.17) is 4.74 Å². The Hall–Kier alpha value is -2.89. The number of benzene rings is 1. The van der Waals surface area contributed by atoms with Crippen molar-refractivity contribution in [3.63, 3.8) is 0 Å². The maximum atomic E-state index is 12.1. The van der Waals surface area contributed by atoms with Gasteiger partial charge < -0.3 is 10.1 Å². The van der Waals surface area contributed by atoms with Crippen molar-refractivity contribution in [2.24, 2.45) is 0 Å². The van der Waals surface area contributed by atoms with Crippen LogP contribution in [-0.2, 0) is 14.3 Å². The van der Waals surface area contributed by atoms with Crippen LogP contribution in [0.25, 0.3) is 6.08 Å². The summed E-state index contributed by atoms with van der Waals surface area (Å²) in [4.78, 5) is 23.9. The van der Waals surface area contributed by atoms with Crippen molar-refractivity contribution < 1.29 is 14.3 Å². The van der Waals surface area contributed by atoms with E-state index < -0.39 is 18.0 Å². The zero-order chi connectivity index (χ0) is 17.5. The highest BCUT2D eigenvalue weighted by atomic mass is 16.5. The Bertz CT molecular complexity index is 720. The third-order valence-electron chi connectivity index (χ3n) is 3.28. The minimum Gasteiger partial charge on any atom is -0.449 e. The van der Waals surface area contributed by atoms with E-state index in [9.17, 15) is 9.59 Å². The number of amides is 1. The highest BCUT2D eigenvalue weighted by Gasteiger charge is 2.18. The van der Waals surface area contributed by atoms with E-state index in [-0.39, 0.29) is 6.04 Å². The van der Waals surface area contributed by atoms with Crippen LogP contribution in [0.4, 0.5) is 5.82 Å². The summed E-state index contributed by atoms with van der Waals surface area (Å²) < 4.78 is 6.80. The van der Waals surface area contributed by atoms with E-state index in [0.717, 1.165) is 5.56 Å². The van der Waals surface area contributed by atoms with Crippen molar-refractivity contribution in [2.45, 2.75) is 32.9 Å². The Labute approximate surface area is 141 Å². The van der Waals surface area contributed by atoms with Crippen molar-refractivity contribution in [3.8, 4) is 0 Å². The molecule has 0 aliphatic carbocycles. The topological polar surface area (TPSA) is 73.2 Å². The molecule has 0 radical (unpaired) electrons. The summed E-state index contributed by atoms with van der Waals surface area (Å²) in [5.41, 5.74) is 0.882. The molecule has 0 bridgehead atoms. The van der Waals surface area contributed by atoms with Gasteiger partial charge >= 0.3 is 5.97 Å². The summed E-state index contributed by atoms with van der Waals surface area (Å²) >= 11 is 0. The van der Waals surface area contributed by atoms with Crippen LogP contribution in [-0.4, -0.2) is 27.8 Å². The Kier molecular flexibility index (Phi) is 5.89. The molecule has 2 aromatic rings. The van der Waals surface area contributed by atoms with Crippen LogP contribution < -0.4 is 5.32 Å². The minimum atomic E-state index is -0.909. The summed E-state index contributed by atoms with van der Waals surface area (Å²) in [6.45, 7) is 5.45. The van der Waals surface area contributed by atoms with Crippen LogP contribution in [0.5, 0.6) is 0 Å². The van der Waals surface area contributed by atoms with Crippen LogP contribution >= 0.6 is 0 Å². The number of hydrogen-bond acceptors (Lipinski definition) is 4. The molecule has 0 saturated carbocycles. The number of nitrogens with one attached hydrogen (secondary N) is 1. The molecule has 1 heterocycles. The van der Waals surface area contributed by atoms with Gasteiger partial charge in [0.05, 0.1) is 6.20 Å². The predicted octanol–water partition coefficient (Wildman–Crippen LogP) is 3.05. The van der Waals surface area contributed by atoms with Gasteiger partial charge in [0.1, 0.15) is 5.82 Å². The lowest BCUT2D eigenvalue weighted by Crippen LogP contribution is -2.30. The van der Waals surface area contributed by atoms with Crippen LogP contribution in [0.15, 0.2) is 48.7 Å². The van der Waals surface area contributed by atoms with Crippen molar-refractivity contribution in [2.75, 3.05) is 5.32 Å². The van der Waals surface area contributed by atoms with Gasteiger partial charge in [0, 0.05) is 18.2 Å². The van der Waals surface area contributed by atoms with Gasteiger partial charge in [-0.2, -0.15) is 5.10 Å². The Morgan fingerprint density at radius 3 is 2.54 bits per heavy atom. The number of aromatic nitrogens is 2. The van der Waals surface area contributed by atoms with E-state index in [1.807, 2.05) is 44.2 Å². The van der Waals surface area contributed by atoms with E-state index in [1.54, 1.807) is 23.0 Å². The largest absolute Gasteiger partial charge is 0.449 e.